The molecular weight excluding hydrogens is 310 g/mol. The molecule has 1 saturated heterocycles. The molecule has 1 aliphatic heterocycles. The summed E-state index contributed by atoms with van der Waals surface area (Å²) in [6.45, 7) is 0.646. The van der Waals surface area contributed by atoms with Crippen LogP contribution in [0.4, 0.5) is 14.7 Å². The lowest BCUT2D eigenvalue weighted by molar-refractivity contribution is 0.557. The Balaban J connectivity index is 2.04. The Bertz CT molecular complexity index is 766. The van der Waals surface area contributed by atoms with Gasteiger partial charge in [-0.25, -0.2) is 8.78 Å². The molecule has 1 aliphatic rings. The van der Waals surface area contributed by atoms with Gasteiger partial charge >= 0.3 is 0 Å². The molecule has 1 unspecified atom stereocenters. The van der Waals surface area contributed by atoms with E-state index >= 15 is 0 Å². The number of anilines is 1. The van der Waals surface area contributed by atoms with E-state index in [1.165, 1.54) is 6.07 Å². The fourth-order valence-corrected chi connectivity index (χ4v) is 3.18. The first kappa shape index (κ1) is 14.8. The zero-order chi connectivity index (χ0) is 15.9. The van der Waals surface area contributed by atoms with Crippen molar-refractivity contribution in [2.24, 2.45) is 7.05 Å². The summed E-state index contributed by atoms with van der Waals surface area (Å²) in [4.78, 5) is 6.07. The van der Waals surface area contributed by atoms with Crippen LogP contribution in [0.3, 0.4) is 0 Å². The van der Waals surface area contributed by atoms with Crippen molar-refractivity contribution in [3.63, 3.8) is 0 Å². The molecule has 1 fully saturated rings. The number of rotatable bonds is 2. The average molecular weight is 323 g/mol. The van der Waals surface area contributed by atoms with E-state index in [-0.39, 0.29) is 16.9 Å². The first-order valence-corrected chi connectivity index (χ1v) is 7.24. The molecule has 1 aromatic heterocycles. The predicted octanol–water partition coefficient (Wildman–Crippen LogP) is 3.56. The van der Waals surface area contributed by atoms with Crippen molar-refractivity contribution in [3.8, 4) is 6.07 Å². The van der Waals surface area contributed by atoms with E-state index in [2.05, 4.69) is 4.98 Å². The second kappa shape index (κ2) is 5.58. The molecule has 1 aromatic carbocycles. The van der Waals surface area contributed by atoms with Crippen LogP contribution in [0.15, 0.2) is 18.2 Å². The van der Waals surface area contributed by atoms with Crippen molar-refractivity contribution in [2.75, 3.05) is 11.4 Å². The molecule has 0 N–H and O–H groups in total. The van der Waals surface area contributed by atoms with E-state index in [1.807, 2.05) is 11.0 Å². The van der Waals surface area contributed by atoms with Gasteiger partial charge in [0.25, 0.3) is 0 Å². The van der Waals surface area contributed by atoms with Crippen LogP contribution >= 0.6 is 11.6 Å². The molecule has 22 heavy (non-hydrogen) atoms. The summed E-state index contributed by atoms with van der Waals surface area (Å²) in [5.41, 5.74) is 0.553. The Morgan fingerprint density at radius 2 is 2.18 bits per heavy atom. The van der Waals surface area contributed by atoms with Gasteiger partial charge in [-0.3, -0.25) is 0 Å². The molecule has 0 spiro atoms. The average Bonchev–Trinajstić information content (AvgIpc) is 3.06. The number of aromatic nitrogens is 2. The summed E-state index contributed by atoms with van der Waals surface area (Å²) in [6.07, 6.45) is 1.51. The van der Waals surface area contributed by atoms with Crippen molar-refractivity contribution >= 4 is 17.5 Å². The van der Waals surface area contributed by atoms with Crippen LogP contribution in [-0.4, -0.2) is 16.1 Å². The highest BCUT2D eigenvalue weighted by molar-refractivity contribution is 6.30. The summed E-state index contributed by atoms with van der Waals surface area (Å²) in [5.74, 6) is -0.425. The zero-order valence-electron chi connectivity index (χ0n) is 11.9. The lowest BCUT2D eigenvalue weighted by atomic mass is 10.0. The molecular formula is C15H13ClF2N4. The van der Waals surface area contributed by atoms with E-state index in [0.29, 0.717) is 24.5 Å². The van der Waals surface area contributed by atoms with Gasteiger partial charge < -0.3 is 9.47 Å². The highest BCUT2D eigenvalue weighted by Gasteiger charge is 2.32. The first-order chi connectivity index (χ1) is 10.5. The van der Waals surface area contributed by atoms with Gasteiger partial charge in [0.05, 0.1) is 6.04 Å². The van der Waals surface area contributed by atoms with Gasteiger partial charge in [-0.05, 0) is 31.0 Å². The number of benzene rings is 1. The van der Waals surface area contributed by atoms with Crippen LogP contribution in [0, 0.1) is 23.0 Å². The Labute approximate surface area is 131 Å². The number of hydrogen-bond donors (Lipinski definition) is 0. The zero-order valence-corrected chi connectivity index (χ0v) is 12.6. The van der Waals surface area contributed by atoms with Gasteiger partial charge in [0.1, 0.15) is 17.7 Å². The number of halogens is 3. The van der Waals surface area contributed by atoms with E-state index in [4.69, 9.17) is 16.9 Å². The molecule has 114 valence electrons. The standard InChI is InChI=1S/C15H13ClF2N4/c1-21-13(8-19)14(16)20-15(21)22-6-2-3-12(22)10-7-9(17)4-5-11(10)18/h4-5,7,12H,2-3,6H2,1H3. The molecule has 0 aliphatic carbocycles. The van der Waals surface area contributed by atoms with E-state index < -0.39 is 11.6 Å². The predicted molar refractivity (Wildman–Crippen MR) is 78.6 cm³/mol. The minimum absolute atomic E-state index is 0.116. The highest BCUT2D eigenvalue weighted by Crippen LogP contribution is 2.37. The van der Waals surface area contributed by atoms with Crippen molar-refractivity contribution in [2.45, 2.75) is 18.9 Å². The molecule has 0 bridgehead atoms. The van der Waals surface area contributed by atoms with Gasteiger partial charge in [-0.2, -0.15) is 10.2 Å². The molecule has 0 amide bonds. The van der Waals surface area contributed by atoms with Gasteiger partial charge in [-0.15, -0.1) is 0 Å². The number of imidazole rings is 1. The molecule has 4 nitrogen and oxygen atoms in total. The molecule has 7 heteroatoms. The number of nitriles is 1. The second-order valence-corrected chi connectivity index (χ2v) is 5.60. The van der Waals surface area contributed by atoms with Crippen LogP contribution in [0.25, 0.3) is 0 Å². The second-order valence-electron chi connectivity index (χ2n) is 5.24. The normalized spacial score (nSPS) is 17.8. The Kier molecular flexibility index (Phi) is 3.75. The summed E-state index contributed by atoms with van der Waals surface area (Å²) in [5, 5.41) is 9.21. The molecule has 0 saturated carbocycles. The third kappa shape index (κ3) is 2.32. The van der Waals surface area contributed by atoms with Crippen molar-refractivity contribution in [1.82, 2.24) is 9.55 Å². The molecule has 1 atom stereocenters. The van der Waals surface area contributed by atoms with Crippen molar-refractivity contribution in [3.05, 3.63) is 46.2 Å². The van der Waals surface area contributed by atoms with E-state index in [1.54, 1.807) is 11.6 Å². The summed E-state index contributed by atoms with van der Waals surface area (Å²) >= 11 is 5.96. The van der Waals surface area contributed by atoms with E-state index in [0.717, 1.165) is 18.6 Å². The van der Waals surface area contributed by atoms with Crippen molar-refractivity contribution < 1.29 is 8.78 Å². The summed E-state index contributed by atoms with van der Waals surface area (Å²) in [7, 11) is 1.68. The number of hydrogen-bond acceptors (Lipinski definition) is 3. The third-order valence-corrected chi connectivity index (χ3v) is 4.23. The minimum Gasteiger partial charge on any atom is -0.335 e. The largest absolute Gasteiger partial charge is 0.335 e. The third-order valence-electron chi connectivity index (χ3n) is 3.96. The lowest BCUT2D eigenvalue weighted by Crippen LogP contribution is -2.26. The highest BCUT2D eigenvalue weighted by atomic mass is 35.5. The van der Waals surface area contributed by atoms with Gasteiger partial charge in [0, 0.05) is 19.2 Å². The Morgan fingerprint density at radius 1 is 1.41 bits per heavy atom. The topological polar surface area (TPSA) is 44.9 Å². The fourth-order valence-electron chi connectivity index (χ4n) is 2.93. The van der Waals surface area contributed by atoms with Crippen molar-refractivity contribution in [1.29, 1.82) is 5.26 Å². The summed E-state index contributed by atoms with van der Waals surface area (Å²) in [6, 6.07) is 5.12. The van der Waals surface area contributed by atoms with Gasteiger partial charge in [-0.1, -0.05) is 11.6 Å². The van der Waals surface area contributed by atoms with Gasteiger partial charge in [0.2, 0.25) is 5.95 Å². The Morgan fingerprint density at radius 3 is 2.86 bits per heavy atom. The van der Waals surface area contributed by atoms with Crippen LogP contribution in [-0.2, 0) is 7.05 Å². The molecule has 2 aromatic rings. The Hall–Kier alpha value is -2.13. The van der Waals surface area contributed by atoms with Crippen LogP contribution in [0.5, 0.6) is 0 Å². The maximum Gasteiger partial charge on any atom is 0.208 e. The fraction of sp³-hybridized carbons (Fsp3) is 0.333. The molecule has 0 radical (unpaired) electrons. The maximum atomic E-state index is 14.1. The monoisotopic (exact) mass is 322 g/mol. The first-order valence-electron chi connectivity index (χ1n) is 6.87. The minimum atomic E-state index is -0.473. The maximum absolute atomic E-state index is 14.1. The summed E-state index contributed by atoms with van der Waals surface area (Å²) < 4.78 is 29.1. The smallest absolute Gasteiger partial charge is 0.208 e. The molecule has 2 heterocycles. The number of nitrogens with zero attached hydrogens (tertiary/aromatic N) is 4. The van der Waals surface area contributed by atoms with Crippen LogP contribution in [0.1, 0.15) is 30.1 Å². The SMILES string of the molecule is Cn1c(N2CCCC2c2cc(F)ccc2F)nc(Cl)c1C#N. The molecule has 3 rings (SSSR count). The lowest BCUT2D eigenvalue weighted by Gasteiger charge is -2.26. The quantitative estimate of drug-likeness (QED) is 0.849. The van der Waals surface area contributed by atoms with Crippen LogP contribution in [0.2, 0.25) is 5.15 Å². The van der Waals surface area contributed by atoms with Crippen LogP contribution < -0.4 is 4.90 Å². The van der Waals surface area contributed by atoms with E-state index in [9.17, 15) is 8.78 Å². The van der Waals surface area contributed by atoms with Gasteiger partial charge in [0.15, 0.2) is 10.8 Å².